The number of carbonyl (C=O) groups is 1. The van der Waals surface area contributed by atoms with Gasteiger partial charge in [0, 0.05) is 12.7 Å². The molecule has 0 saturated heterocycles. The van der Waals surface area contributed by atoms with Crippen molar-refractivity contribution < 1.29 is 18.3 Å². The summed E-state index contributed by atoms with van der Waals surface area (Å²) in [5.74, 6) is -0.735. The molecule has 0 spiro atoms. The van der Waals surface area contributed by atoms with E-state index in [-0.39, 0.29) is 22.1 Å². The predicted molar refractivity (Wildman–Crippen MR) is 81.7 cm³/mol. The summed E-state index contributed by atoms with van der Waals surface area (Å²) in [7, 11) is -3.42. The molecule has 0 saturated carbocycles. The molecule has 0 fully saturated rings. The van der Waals surface area contributed by atoms with Crippen LogP contribution in [0.2, 0.25) is 0 Å². The molecule has 1 aromatic carbocycles. The molecule has 0 aliphatic rings. The minimum atomic E-state index is -3.42. The largest absolute Gasteiger partial charge is 0.506 e. The van der Waals surface area contributed by atoms with Crippen LogP contribution in [0, 0.1) is 0 Å². The highest BCUT2D eigenvalue weighted by molar-refractivity contribution is 7.91. The van der Waals surface area contributed by atoms with Gasteiger partial charge >= 0.3 is 0 Å². The van der Waals surface area contributed by atoms with Gasteiger partial charge in [0.1, 0.15) is 5.75 Å². The molecule has 0 radical (unpaired) electrons. The second kappa shape index (κ2) is 6.18. The Morgan fingerprint density at radius 1 is 1.36 bits per heavy atom. The zero-order valence-electron chi connectivity index (χ0n) is 12.3. The molecule has 2 aromatic rings. The van der Waals surface area contributed by atoms with Gasteiger partial charge in [-0.3, -0.25) is 9.48 Å². The SMILES string of the molecule is CCn1cc(C(=O)Nc2cc(S(=O)(=O)CC)ccc2O)cn1. The standard InChI is InChI=1S/C14H17N3O4S/c1-3-17-9-10(8-15-17)14(19)16-12-7-11(5-6-13(12)18)22(20,21)4-2/h5-9,18H,3-4H2,1-2H3,(H,16,19). The van der Waals surface area contributed by atoms with Crippen molar-refractivity contribution in [2.45, 2.75) is 25.3 Å². The first-order valence-corrected chi connectivity index (χ1v) is 8.42. The molecular formula is C14H17N3O4S. The highest BCUT2D eigenvalue weighted by atomic mass is 32.2. The smallest absolute Gasteiger partial charge is 0.258 e. The Morgan fingerprint density at radius 2 is 2.09 bits per heavy atom. The molecule has 8 heteroatoms. The van der Waals surface area contributed by atoms with Gasteiger partial charge in [0.05, 0.1) is 28.1 Å². The summed E-state index contributed by atoms with van der Waals surface area (Å²) in [6, 6.07) is 3.79. The van der Waals surface area contributed by atoms with Crippen LogP contribution in [0.1, 0.15) is 24.2 Å². The van der Waals surface area contributed by atoms with Gasteiger partial charge in [-0.15, -0.1) is 0 Å². The maximum absolute atomic E-state index is 12.1. The molecule has 1 aromatic heterocycles. The Balaban J connectivity index is 2.29. The summed E-state index contributed by atoms with van der Waals surface area (Å²) in [4.78, 5) is 12.1. The quantitative estimate of drug-likeness (QED) is 0.815. The molecule has 0 bridgehead atoms. The minimum Gasteiger partial charge on any atom is -0.506 e. The third-order valence-electron chi connectivity index (χ3n) is 3.17. The van der Waals surface area contributed by atoms with Crippen LogP contribution in [0.5, 0.6) is 5.75 Å². The molecule has 1 amide bonds. The van der Waals surface area contributed by atoms with E-state index in [0.29, 0.717) is 12.1 Å². The molecule has 118 valence electrons. The fourth-order valence-corrected chi connectivity index (χ4v) is 2.73. The minimum absolute atomic E-state index is 0.0452. The second-order valence-corrected chi connectivity index (χ2v) is 6.90. The maximum Gasteiger partial charge on any atom is 0.258 e. The van der Waals surface area contributed by atoms with E-state index in [0.717, 1.165) is 0 Å². The van der Waals surface area contributed by atoms with Gasteiger partial charge in [0.15, 0.2) is 9.84 Å². The number of phenolic OH excluding ortho intramolecular Hbond substituents is 1. The van der Waals surface area contributed by atoms with E-state index < -0.39 is 15.7 Å². The van der Waals surface area contributed by atoms with Gasteiger partial charge in [0.25, 0.3) is 5.91 Å². The Bertz CT molecular complexity index is 796. The van der Waals surface area contributed by atoms with Gasteiger partial charge in [-0.2, -0.15) is 5.10 Å². The summed E-state index contributed by atoms with van der Waals surface area (Å²) >= 11 is 0. The lowest BCUT2D eigenvalue weighted by Gasteiger charge is -2.09. The number of sulfone groups is 1. The summed E-state index contributed by atoms with van der Waals surface area (Å²) in [5.41, 5.74) is 0.369. The number of nitrogens with zero attached hydrogens (tertiary/aromatic N) is 2. The molecular weight excluding hydrogens is 306 g/mol. The Kier molecular flexibility index (Phi) is 4.51. The van der Waals surface area contributed by atoms with E-state index in [2.05, 4.69) is 10.4 Å². The van der Waals surface area contributed by atoms with E-state index in [1.807, 2.05) is 6.92 Å². The van der Waals surface area contributed by atoms with Gasteiger partial charge in [-0.05, 0) is 25.1 Å². The number of nitrogens with one attached hydrogen (secondary N) is 1. The highest BCUT2D eigenvalue weighted by Crippen LogP contribution is 2.27. The first-order valence-electron chi connectivity index (χ1n) is 6.77. The van der Waals surface area contributed by atoms with Crippen LogP contribution < -0.4 is 5.32 Å². The van der Waals surface area contributed by atoms with E-state index in [4.69, 9.17) is 0 Å². The number of anilines is 1. The summed E-state index contributed by atoms with van der Waals surface area (Å²) < 4.78 is 25.3. The Morgan fingerprint density at radius 3 is 2.68 bits per heavy atom. The van der Waals surface area contributed by atoms with Crippen molar-refractivity contribution in [3.8, 4) is 5.75 Å². The van der Waals surface area contributed by atoms with Crippen LogP contribution >= 0.6 is 0 Å². The van der Waals surface area contributed by atoms with E-state index >= 15 is 0 Å². The van der Waals surface area contributed by atoms with Crippen LogP contribution in [0.3, 0.4) is 0 Å². The number of rotatable bonds is 5. The number of aromatic nitrogens is 2. The van der Waals surface area contributed by atoms with E-state index in [9.17, 15) is 18.3 Å². The van der Waals surface area contributed by atoms with Crippen molar-refractivity contribution in [2.24, 2.45) is 0 Å². The summed E-state index contributed by atoms with van der Waals surface area (Å²) in [6.45, 7) is 4.04. The summed E-state index contributed by atoms with van der Waals surface area (Å²) in [5, 5.41) is 16.3. The first-order chi connectivity index (χ1) is 10.4. The number of aryl methyl sites for hydroxylation is 1. The summed E-state index contributed by atoms with van der Waals surface area (Å²) in [6.07, 6.45) is 2.97. The van der Waals surface area contributed by atoms with Crippen molar-refractivity contribution >= 4 is 21.4 Å². The molecule has 2 rings (SSSR count). The third kappa shape index (κ3) is 3.28. The molecule has 7 nitrogen and oxygen atoms in total. The molecule has 2 N–H and O–H groups in total. The van der Waals surface area contributed by atoms with Crippen LogP contribution in [0.4, 0.5) is 5.69 Å². The Labute approximate surface area is 128 Å². The molecule has 0 aliphatic heterocycles. The zero-order valence-corrected chi connectivity index (χ0v) is 13.1. The topological polar surface area (TPSA) is 101 Å². The number of carbonyl (C=O) groups excluding carboxylic acids is 1. The van der Waals surface area contributed by atoms with Gasteiger partial charge in [-0.1, -0.05) is 6.92 Å². The lowest BCUT2D eigenvalue weighted by molar-refractivity contribution is 0.102. The Hall–Kier alpha value is -2.35. The monoisotopic (exact) mass is 323 g/mol. The number of aromatic hydroxyl groups is 1. The maximum atomic E-state index is 12.1. The van der Waals surface area contributed by atoms with Gasteiger partial charge in [-0.25, -0.2) is 8.42 Å². The highest BCUT2D eigenvalue weighted by Gasteiger charge is 2.16. The molecule has 1 heterocycles. The molecule has 0 unspecified atom stereocenters. The fourth-order valence-electron chi connectivity index (χ4n) is 1.82. The predicted octanol–water partition coefficient (Wildman–Crippen LogP) is 1.65. The van der Waals surface area contributed by atoms with Crippen LogP contribution in [-0.4, -0.2) is 35.0 Å². The first kappa shape index (κ1) is 16.0. The lowest BCUT2D eigenvalue weighted by atomic mass is 10.2. The molecule has 22 heavy (non-hydrogen) atoms. The third-order valence-corrected chi connectivity index (χ3v) is 4.91. The number of benzene rings is 1. The number of amides is 1. The van der Waals surface area contributed by atoms with E-state index in [1.165, 1.54) is 31.3 Å². The van der Waals surface area contributed by atoms with Crippen molar-refractivity contribution in [3.63, 3.8) is 0 Å². The van der Waals surface area contributed by atoms with Crippen LogP contribution in [0.25, 0.3) is 0 Å². The van der Waals surface area contributed by atoms with Crippen molar-refractivity contribution in [3.05, 3.63) is 36.2 Å². The normalized spacial score (nSPS) is 11.4. The van der Waals surface area contributed by atoms with E-state index in [1.54, 1.807) is 10.9 Å². The molecule has 0 atom stereocenters. The van der Waals surface area contributed by atoms with Crippen molar-refractivity contribution in [1.82, 2.24) is 9.78 Å². The number of phenols is 1. The zero-order chi connectivity index (χ0) is 16.3. The van der Waals surface area contributed by atoms with Gasteiger partial charge < -0.3 is 10.4 Å². The second-order valence-electron chi connectivity index (χ2n) is 4.62. The van der Waals surface area contributed by atoms with Gasteiger partial charge in [0.2, 0.25) is 0 Å². The average molecular weight is 323 g/mol. The average Bonchev–Trinajstić information content (AvgIpc) is 2.98. The number of hydrogen-bond donors (Lipinski definition) is 2. The van der Waals surface area contributed by atoms with Crippen molar-refractivity contribution in [2.75, 3.05) is 11.1 Å². The van der Waals surface area contributed by atoms with Crippen LogP contribution in [-0.2, 0) is 16.4 Å². The molecule has 0 aliphatic carbocycles. The van der Waals surface area contributed by atoms with Crippen molar-refractivity contribution in [1.29, 1.82) is 0 Å². The lowest BCUT2D eigenvalue weighted by Crippen LogP contribution is -2.12. The van der Waals surface area contributed by atoms with Crippen LogP contribution in [0.15, 0.2) is 35.5 Å². The fraction of sp³-hybridized carbons (Fsp3) is 0.286. The number of hydrogen-bond acceptors (Lipinski definition) is 5.